The predicted molar refractivity (Wildman–Crippen MR) is 219 cm³/mol. The third kappa shape index (κ3) is 19.3. The maximum atomic E-state index is 12.7. The number of para-hydroxylation sites is 1. The number of aryl methyl sites for hydroxylation is 2. The Bertz CT molecular complexity index is 1250. The maximum absolute atomic E-state index is 12.7. The van der Waals surface area contributed by atoms with Crippen molar-refractivity contribution >= 4 is 23.0 Å². The standard InChI is InChI=1S/C22H32N2O.C13H21N.C7H14.C2H6/c1-8-10-13-23-18(7)19-12-11-17(6)20(14-19)24-22(25)21(15(3)4)16(5)9-2;1-4-10-14(11-5-2)13-9-7-6-8-12(13)3;1-4-5-6-7(2)3;1-2/h11-12,14,23H,3,7-10,13H2,1-2,4-6H3,(H,24,25);6-9H,4-5,10-11H2,1-3H3;2,4-6H2,1,3H3;1-2H3/b21-16-;;;. The summed E-state index contributed by atoms with van der Waals surface area (Å²) < 4.78 is 0. The monoisotopic (exact) mass is 660 g/mol. The van der Waals surface area contributed by atoms with Gasteiger partial charge in [0.25, 0.3) is 5.91 Å². The molecule has 1 amide bonds. The minimum atomic E-state index is -0.100. The Morgan fingerprint density at radius 2 is 1.35 bits per heavy atom. The number of nitrogens with one attached hydrogen (secondary N) is 2. The largest absolute Gasteiger partial charge is 0.385 e. The first kappa shape index (κ1) is 46.6. The lowest BCUT2D eigenvalue weighted by Crippen LogP contribution is -2.25. The summed E-state index contributed by atoms with van der Waals surface area (Å²) in [4.78, 5) is 15.2. The second-order valence-corrected chi connectivity index (χ2v) is 12.4. The summed E-state index contributed by atoms with van der Waals surface area (Å²) in [6, 6.07) is 14.7. The van der Waals surface area contributed by atoms with E-state index in [4.69, 9.17) is 0 Å². The topological polar surface area (TPSA) is 44.4 Å². The van der Waals surface area contributed by atoms with Gasteiger partial charge in [-0.15, -0.1) is 6.58 Å². The smallest absolute Gasteiger partial charge is 0.255 e. The lowest BCUT2D eigenvalue weighted by atomic mass is 10.00. The first-order valence-electron chi connectivity index (χ1n) is 18.5. The Morgan fingerprint density at radius 3 is 1.81 bits per heavy atom. The van der Waals surface area contributed by atoms with Crippen molar-refractivity contribution in [3.8, 4) is 0 Å². The summed E-state index contributed by atoms with van der Waals surface area (Å²) in [5, 5.41) is 6.38. The molecule has 0 saturated heterocycles. The van der Waals surface area contributed by atoms with Crippen molar-refractivity contribution in [2.45, 2.75) is 134 Å². The summed E-state index contributed by atoms with van der Waals surface area (Å²) >= 11 is 0. The Labute approximate surface area is 297 Å². The van der Waals surface area contributed by atoms with E-state index in [1.54, 1.807) is 0 Å². The van der Waals surface area contributed by atoms with Crippen molar-refractivity contribution in [1.82, 2.24) is 5.32 Å². The number of hydrogen-bond acceptors (Lipinski definition) is 3. The number of amides is 1. The zero-order chi connectivity index (χ0) is 37.1. The number of unbranched alkanes of at least 4 members (excludes halogenated alkanes) is 2. The summed E-state index contributed by atoms with van der Waals surface area (Å²) in [7, 11) is 0. The lowest BCUT2D eigenvalue weighted by molar-refractivity contribution is -0.112. The van der Waals surface area contributed by atoms with Gasteiger partial charge in [-0.05, 0) is 108 Å². The van der Waals surface area contributed by atoms with Crippen LogP contribution in [-0.2, 0) is 4.79 Å². The average molecular weight is 660 g/mol. The van der Waals surface area contributed by atoms with Gasteiger partial charge in [-0.2, -0.15) is 0 Å². The highest BCUT2D eigenvalue weighted by Gasteiger charge is 2.15. The maximum Gasteiger partial charge on any atom is 0.255 e. The van der Waals surface area contributed by atoms with Crippen molar-refractivity contribution in [1.29, 1.82) is 0 Å². The van der Waals surface area contributed by atoms with Crippen LogP contribution in [0, 0.1) is 13.8 Å². The Balaban J connectivity index is 0. The molecule has 2 aromatic carbocycles. The van der Waals surface area contributed by atoms with E-state index < -0.39 is 0 Å². The molecule has 2 N–H and O–H groups in total. The molecule has 0 spiro atoms. The van der Waals surface area contributed by atoms with Gasteiger partial charge in [-0.3, -0.25) is 4.79 Å². The number of carbonyl (C=O) groups excluding carboxylic acids is 1. The molecule has 0 fully saturated rings. The highest BCUT2D eigenvalue weighted by Crippen LogP contribution is 2.24. The van der Waals surface area contributed by atoms with E-state index in [2.05, 4.69) is 101 Å². The van der Waals surface area contributed by atoms with E-state index in [9.17, 15) is 4.79 Å². The SMILES string of the molecule is C=C(C)/C(C(=O)Nc1cc(C(=C)NCCCC)ccc1C)=C(\C)CC.C=C(C)CCCC.CC.CCCN(CCC)c1ccccc1C. The number of benzene rings is 2. The van der Waals surface area contributed by atoms with Crippen LogP contribution in [0.3, 0.4) is 0 Å². The average Bonchev–Trinajstić information content (AvgIpc) is 3.06. The van der Waals surface area contributed by atoms with Crippen molar-refractivity contribution in [3.63, 3.8) is 0 Å². The molecule has 48 heavy (non-hydrogen) atoms. The van der Waals surface area contributed by atoms with Crippen molar-refractivity contribution in [2.75, 3.05) is 29.9 Å². The molecule has 0 radical (unpaired) electrons. The first-order valence-corrected chi connectivity index (χ1v) is 18.5. The number of carbonyl (C=O) groups is 1. The van der Waals surface area contributed by atoms with Crippen LogP contribution < -0.4 is 15.5 Å². The molecule has 0 aromatic heterocycles. The number of hydrogen-bond donors (Lipinski definition) is 2. The van der Waals surface area contributed by atoms with Gasteiger partial charge in [0.15, 0.2) is 0 Å². The fourth-order valence-electron chi connectivity index (χ4n) is 4.87. The van der Waals surface area contributed by atoms with E-state index in [1.165, 1.54) is 62.0 Å². The van der Waals surface area contributed by atoms with Gasteiger partial charge in [0, 0.05) is 42.3 Å². The van der Waals surface area contributed by atoms with Gasteiger partial charge < -0.3 is 15.5 Å². The van der Waals surface area contributed by atoms with Crippen LogP contribution in [0.2, 0.25) is 0 Å². The fraction of sp³-hybridized carbons (Fsp3) is 0.523. The molecule has 2 aromatic rings. The van der Waals surface area contributed by atoms with E-state index in [0.29, 0.717) is 5.57 Å². The minimum Gasteiger partial charge on any atom is -0.385 e. The predicted octanol–water partition coefficient (Wildman–Crippen LogP) is 13.0. The lowest BCUT2D eigenvalue weighted by Gasteiger charge is -2.25. The van der Waals surface area contributed by atoms with Crippen molar-refractivity contribution < 1.29 is 4.79 Å². The second kappa shape index (κ2) is 28.5. The van der Waals surface area contributed by atoms with E-state index in [-0.39, 0.29) is 5.91 Å². The van der Waals surface area contributed by atoms with Crippen LogP contribution in [0.15, 0.2) is 84.5 Å². The van der Waals surface area contributed by atoms with Gasteiger partial charge in [0.1, 0.15) is 0 Å². The van der Waals surface area contributed by atoms with Crippen LogP contribution in [0.25, 0.3) is 5.70 Å². The first-order chi connectivity index (χ1) is 22.9. The third-order valence-corrected chi connectivity index (χ3v) is 7.71. The van der Waals surface area contributed by atoms with E-state index >= 15 is 0 Å². The Hall–Kier alpha value is -3.53. The summed E-state index contributed by atoms with van der Waals surface area (Å²) in [6.07, 6.45) is 9.30. The van der Waals surface area contributed by atoms with Crippen molar-refractivity contribution in [2.24, 2.45) is 0 Å². The van der Waals surface area contributed by atoms with Crippen molar-refractivity contribution in [3.05, 3.63) is 101 Å². The number of allylic oxidation sites excluding steroid dienone is 2. The molecule has 2 rings (SSSR count). The van der Waals surface area contributed by atoms with Crippen LogP contribution in [0.5, 0.6) is 0 Å². The molecule has 0 heterocycles. The van der Waals surface area contributed by atoms with Gasteiger partial charge in [-0.1, -0.05) is 116 Å². The summed E-state index contributed by atoms with van der Waals surface area (Å²) in [5.41, 5.74) is 10.3. The summed E-state index contributed by atoms with van der Waals surface area (Å²) in [5.74, 6) is -0.100. The molecule has 0 aliphatic rings. The molecule has 0 bridgehead atoms. The molecule has 270 valence electrons. The van der Waals surface area contributed by atoms with Gasteiger partial charge >= 0.3 is 0 Å². The zero-order valence-electron chi connectivity index (χ0n) is 33.3. The molecular weight excluding hydrogens is 587 g/mol. The molecule has 4 heteroatoms. The minimum absolute atomic E-state index is 0.100. The van der Waals surface area contributed by atoms with Crippen LogP contribution >= 0.6 is 0 Å². The molecule has 4 nitrogen and oxygen atoms in total. The van der Waals surface area contributed by atoms with E-state index in [0.717, 1.165) is 59.5 Å². The molecule has 0 aliphatic carbocycles. The van der Waals surface area contributed by atoms with Gasteiger partial charge in [0.2, 0.25) is 0 Å². The van der Waals surface area contributed by atoms with Crippen LogP contribution in [-0.4, -0.2) is 25.5 Å². The molecular formula is C44H73N3O. The molecule has 0 atom stereocenters. The number of nitrogens with zero attached hydrogens (tertiary/aromatic N) is 1. The summed E-state index contributed by atoms with van der Waals surface area (Å²) in [6.45, 7) is 40.1. The molecule has 0 saturated carbocycles. The highest BCUT2D eigenvalue weighted by atomic mass is 16.1. The molecule has 0 unspecified atom stereocenters. The zero-order valence-corrected chi connectivity index (χ0v) is 33.3. The van der Waals surface area contributed by atoms with Crippen LogP contribution in [0.4, 0.5) is 11.4 Å². The Kier molecular flexibility index (Phi) is 27.6. The number of anilines is 2. The molecule has 0 aliphatic heterocycles. The second-order valence-electron chi connectivity index (χ2n) is 12.4. The van der Waals surface area contributed by atoms with Crippen LogP contribution in [0.1, 0.15) is 137 Å². The van der Waals surface area contributed by atoms with E-state index in [1.807, 2.05) is 59.7 Å². The van der Waals surface area contributed by atoms with Gasteiger partial charge in [0.05, 0.1) is 0 Å². The van der Waals surface area contributed by atoms with Gasteiger partial charge in [-0.25, -0.2) is 0 Å². The Morgan fingerprint density at radius 1 is 0.771 bits per heavy atom. The quantitative estimate of drug-likeness (QED) is 0.0769. The highest BCUT2D eigenvalue weighted by molar-refractivity contribution is 6.07. The fourth-order valence-corrected chi connectivity index (χ4v) is 4.87. The normalized spacial score (nSPS) is 10.4. The third-order valence-electron chi connectivity index (χ3n) is 7.71. The number of rotatable bonds is 17.